The van der Waals surface area contributed by atoms with Crippen molar-refractivity contribution in [2.24, 2.45) is 0 Å². The topological polar surface area (TPSA) is 39.7 Å². The van der Waals surface area contributed by atoms with Crippen molar-refractivity contribution in [3.63, 3.8) is 0 Å². The lowest BCUT2D eigenvalue weighted by Crippen LogP contribution is -2.16. The molecule has 0 aliphatic carbocycles. The summed E-state index contributed by atoms with van der Waals surface area (Å²) in [6, 6.07) is 4.13. The van der Waals surface area contributed by atoms with Gasteiger partial charge in [-0.3, -0.25) is 0 Å². The van der Waals surface area contributed by atoms with Crippen LogP contribution in [0.5, 0.6) is 11.5 Å². The van der Waals surface area contributed by atoms with E-state index >= 15 is 0 Å². The Morgan fingerprint density at radius 3 is 3.00 bits per heavy atom. The molecule has 106 valence electrons. The maximum Gasteiger partial charge on any atom is 0.175 e. The molecule has 0 spiro atoms. The summed E-state index contributed by atoms with van der Waals surface area (Å²) in [5.74, 6) is 1.65. The first-order valence-electron chi connectivity index (χ1n) is 6.59. The Hall–Kier alpha value is -0.780. The first-order valence-corrected chi connectivity index (χ1v) is 7.38. The molecule has 0 saturated heterocycles. The summed E-state index contributed by atoms with van der Waals surface area (Å²) in [6.45, 7) is 3.97. The second-order valence-corrected chi connectivity index (χ2v) is 5.33. The zero-order valence-corrected chi connectivity index (χ0v) is 12.8. The third kappa shape index (κ3) is 4.37. The molecule has 1 aliphatic heterocycles. The number of fused-ring (bicyclic) bond motifs is 1. The summed E-state index contributed by atoms with van der Waals surface area (Å²) < 4.78 is 17.4. The van der Waals surface area contributed by atoms with Crippen LogP contribution in [0.1, 0.15) is 18.4 Å². The highest BCUT2D eigenvalue weighted by Crippen LogP contribution is 2.38. The lowest BCUT2D eigenvalue weighted by Gasteiger charge is -2.12. The normalized spacial score (nSPS) is 14.2. The van der Waals surface area contributed by atoms with Gasteiger partial charge in [-0.2, -0.15) is 0 Å². The standard InChI is InChI=1S/C14H20BrNO3/c1-17-5-2-4-16-10-11-8-12(15)14-13(9-11)18-6-3-7-19-14/h8-9,16H,2-7,10H2,1H3. The van der Waals surface area contributed by atoms with Crippen LogP contribution >= 0.6 is 15.9 Å². The molecule has 0 bridgehead atoms. The minimum atomic E-state index is 0.709. The van der Waals surface area contributed by atoms with Crippen LogP contribution in [0.25, 0.3) is 0 Å². The molecule has 1 aromatic carbocycles. The highest BCUT2D eigenvalue weighted by Gasteiger charge is 2.14. The quantitative estimate of drug-likeness (QED) is 0.814. The summed E-state index contributed by atoms with van der Waals surface area (Å²) in [7, 11) is 1.72. The number of ether oxygens (including phenoxy) is 3. The SMILES string of the molecule is COCCCNCc1cc(Br)c2c(c1)OCCCO2. The van der Waals surface area contributed by atoms with Gasteiger partial charge < -0.3 is 19.5 Å². The Bertz CT molecular complexity index is 412. The molecule has 1 heterocycles. The number of nitrogens with one attached hydrogen (secondary N) is 1. The number of hydrogen-bond donors (Lipinski definition) is 1. The maximum atomic E-state index is 5.71. The van der Waals surface area contributed by atoms with Gasteiger partial charge >= 0.3 is 0 Å². The number of methoxy groups -OCH3 is 1. The van der Waals surface area contributed by atoms with E-state index in [0.717, 1.165) is 48.5 Å². The van der Waals surface area contributed by atoms with Crippen molar-refractivity contribution in [2.45, 2.75) is 19.4 Å². The van der Waals surface area contributed by atoms with E-state index in [4.69, 9.17) is 14.2 Å². The van der Waals surface area contributed by atoms with Gasteiger partial charge in [0.05, 0.1) is 17.7 Å². The van der Waals surface area contributed by atoms with Crippen LogP contribution in [0.4, 0.5) is 0 Å². The van der Waals surface area contributed by atoms with Gasteiger partial charge in [-0.25, -0.2) is 0 Å². The van der Waals surface area contributed by atoms with Crippen LogP contribution < -0.4 is 14.8 Å². The molecular formula is C14H20BrNO3. The Labute approximate surface area is 122 Å². The highest BCUT2D eigenvalue weighted by molar-refractivity contribution is 9.10. The van der Waals surface area contributed by atoms with Gasteiger partial charge in [0, 0.05) is 26.7 Å². The van der Waals surface area contributed by atoms with Crippen molar-refractivity contribution >= 4 is 15.9 Å². The Balaban J connectivity index is 1.94. The summed E-state index contributed by atoms with van der Waals surface area (Å²) in [4.78, 5) is 0. The Kier molecular flexibility index (Phi) is 5.94. The Morgan fingerprint density at radius 2 is 2.16 bits per heavy atom. The van der Waals surface area contributed by atoms with E-state index in [1.165, 1.54) is 5.56 Å². The van der Waals surface area contributed by atoms with Crippen molar-refractivity contribution in [2.75, 3.05) is 33.5 Å². The zero-order chi connectivity index (χ0) is 13.5. The van der Waals surface area contributed by atoms with Crippen molar-refractivity contribution in [3.8, 4) is 11.5 Å². The van der Waals surface area contributed by atoms with Crippen LogP contribution in [0.2, 0.25) is 0 Å². The van der Waals surface area contributed by atoms with E-state index in [-0.39, 0.29) is 0 Å². The van der Waals surface area contributed by atoms with Gasteiger partial charge in [0.15, 0.2) is 11.5 Å². The number of halogens is 1. The van der Waals surface area contributed by atoms with Gasteiger partial charge in [0.25, 0.3) is 0 Å². The number of rotatable bonds is 6. The van der Waals surface area contributed by atoms with Crippen LogP contribution in [-0.4, -0.2) is 33.5 Å². The number of benzene rings is 1. The molecular weight excluding hydrogens is 310 g/mol. The third-order valence-electron chi connectivity index (χ3n) is 2.89. The molecule has 0 saturated carbocycles. The fraction of sp³-hybridized carbons (Fsp3) is 0.571. The first kappa shape index (κ1) is 14.6. The van der Waals surface area contributed by atoms with Gasteiger partial charge in [-0.15, -0.1) is 0 Å². The molecule has 0 atom stereocenters. The predicted molar refractivity (Wildman–Crippen MR) is 77.9 cm³/mol. The van der Waals surface area contributed by atoms with Gasteiger partial charge in [0.1, 0.15) is 0 Å². The van der Waals surface area contributed by atoms with E-state index in [1.54, 1.807) is 7.11 Å². The average Bonchev–Trinajstić information content (AvgIpc) is 2.64. The first-order chi connectivity index (χ1) is 9.31. The molecule has 1 N–H and O–H groups in total. The van der Waals surface area contributed by atoms with E-state index in [0.29, 0.717) is 13.2 Å². The van der Waals surface area contributed by atoms with E-state index in [2.05, 4.69) is 33.4 Å². The Morgan fingerprint density at radius 1 is 1.32 bits per heavy atom. The lowest BCUT2D eigenvalue weighted by molar-refractivity contribution is 0.194. The molecule has 0 unspecified atom stereocenters. The molecule has 1 aliphatic rings. The lowest BCUT2D eigenvalue weighted by atomic mass is 10.2. The number of hydrogen-bond acceptors (Lipinski definition) is 4. The predicted octanol–water partition coefficient (Wildman–Crippen LogP) is 2.74. The molecule has 2 rings (SSSR count). The maximum absolute atomic E-state index is 5.71. The average molecular weight is 330 g/mol. The molecule has 0 aromatic heterocycles. The molecule has 0 amide bonds. The van der Waals surface area contributed by atoms with Gasteiger partial charge in [0.2, 0.25) is 0 Å². The van der Waals surface area contributed by atoms with Crippen LogP contribution in [0, 0.1) is 0 Å². The summed E-state index contributed by atoms with van der Waals surface area (Å²) in [5, 5.41) is 3.39. The fourth-order valence-electron chi connectivity index (χ4n) is 1.96. The van der Waals surface area contributed by atoms with Crippen LogP contribution in [0.3, 0.4) is 0 Å². The van der Waals surface area contributed by atoms with Crippen molar-refractivity contribution in [3.05, 3.63) is 22.2 Å². The van der Waals surface area contributed by atoms with Crippen LogP contribution in [-0.2, 0) is 11.3 Å². The summed E-state index contributed by atoms with van der Waals surface area (Å²) >= 11 is 3.55. The summed E-state index contributed by atoms with van der Waals surface area (Å²) in [5.41, 5.74) is 1.19. The monoisotopic (exact) mass is 329 g/mol. The molecule has 0 fully saturated rings. The molecule has 0 radical (unpaired) electrons. The minimum Gasteiger partial charge on any atom is -0.490 e. The molecule has 1 aromatic rings. The molecule has 19 heavy (non-hydrogen) atoms. The minimum absolute atomic E-state index is 0.709. The van der Waals surface area contributed by atoms with Crippen molar-refractivity contribution in [1.82, 2.24) is 5.32 Å². The largest absolute Gasteiger partial charge is 0.490 e. The third-order valence-corrected chi connectivity index (χ3v) is 3.48. The second-order valence-electron chi connectivity index (χ2n) is 4.48. The van der Waals surface area contributed by atoms with Crippen molar-refractivity contribution < 1.29 is 14.2 Å². The van der Waals surface area contributed by atoms with E-state index in [9.17, 15) is 0 Å². The van der Waals surface area contributed by atoms with E-state index in [1.807, 2.05) is 0 Å². The van der Waals surface area contributed by atoms with Crippen LogP contribution in [0.15, 0.2) is 16.6 Å². The second kappa shape index (κ2) is 7.72. The van der Waals surface area contributed by atoms with Gasteiger partial charge in [-0.1, -0.05) is 0 Å². The van der Waals surface area contributed by atoms with Crippen molar-refractivity contribution in [1.29, 1.82) is 0 Å². The molecule has 5 heteroatoms. The van der Waals surface area contributed by atoms with E-state index < -0.39 is 0 Å². The smallest absolute Gasteiger partial charge is 0.175 e. The van der Waals surface area contributed by atoms with Gasteiger partial charge in [-0.05, 0) is 46.6 Å². The fourth-order valence-corrected chi connectivity index (χ4v) is 2.56. The zero-order valence-electron chi connectivity index (χ0n) is 11.2. The highest BCUT2D eigenvalue weighted by atomic mass is 79.9. The molecule has 4 nitrogen and oxygen atoms in total. The summed E-state index contributed by atoms with van der Waals surface area (Å²) in [6.07, 6.45) is 1.94.